The first-order valence-corrected chi connectivity index (χ1v) is 8.60. The molecule has 1 aromatic rings. The number of nitrogens with one attached hydrogen (secondary N) is 1. The van der Waals surface area contributed by atoms with Crippen LogP contribution in [0.5, 0.6) is 0 Å². The van der Waals surface area contributed by atoms with Gasteiger partial charge in [-0.25, -0.2) is 17.5 Å². The molecular formula is C15H19FN2O2S. The number of benzene rings is 1. The molecule has 0 heterocycles. The SMILES string of the molecule is CC1CCC(CNS(=O)(=O)c2ccc(F)c(C#N)c2)CC1. The van der Waals surface area contributed by atoms with Gasteiger partial charge in [-0.3, -0.25) is 0 Å². The van der Waals surface area contributed by atoms with E-state index in [9.17, 15) is 12.8 Å². The molecule has 0 aliphatic heterocycles. The molecule has 6 heteroatoms. The Hall–Kier alpha value is -1.45. The van der Waals surface area contributed by atoms with E-state index in [1.165, 1.54) is 6.07 Å². The number of halogens is 1. The largest absolute Gasteiger partial charge is 0.240 e. The molecule has 21 heavy (non-hydrogen) atoms. The molecule has 1 N–H and O–H groups in total. The Labute approximate surface area is 125 Å². The van der Waals surface area contributed by atoms with Crippen LogP contribution in [0.15, 0.2) is 23.1 Å². The van der Waals surface area contributed by atoms with Gasteiger partial charge >= 0.3 is 0 Å². The van der Waals surface area contributed by atoms with Gasteiger partial charge in [-0.05, 0) is 42.9 Å². The van der Waals surface area contributed by atoms with Crippen LogP contribution in [0.4, 0.5) is 4.39 Å². The maximum atomic E-state index is 13.2. The molecule has 0 unspecified atom stereocenters. The number of hydrogen-bond donors (Lipinski definition) is 1. The molecule has 1 aromatic carbocycles. The molecule has 0 atom stereocenters. The van der Waals surface area contributed by atoms with Crippen LogP contribution in [0.1, 0.15) is 38.2 Å². The molecular weight excluding hydrogens is 291 g/mol. The van der Waals surface area contributed by atoms with Gasteiger partial charge < -0.3 is 0 Å². The zero-order valence-electron chi connectivity index (χ0n) is 12.0. The van der Waals surface area contributed by atoms with Gasteiger partial charge in [0.05, 0.1) is 10.5 Å². The van der Waals surface area contributed by atoms with Crippen molar-refractivity contribution in [3.05, 3.63) is 29.6 Å². The highest BCUT2D eigenvalue weighted by Crippen LogP contribution is 2.28. The van der Waals surface area contributed by atoms with Gasteiger partial charge in [0.2, 0.25) is 10.0 Å². The predicted octanol–water partition coefficient (Wildman–Crippen LogP) is 2.80. The minimum atomic E-state index is -3.69. The molecule has 0 bridgehead atoms. The zero-order chi connectivity index (χ0) is 15.5. The summed E-state index contributed by atoms with van der Waals surface area (Å²) in [6, 6.07) is 4.91. The van der Waals surface area contributed by atoms with Crippen LogP contribution < -0.4 is 4.72 Å². The van der Waals surface area contributed by atoms with Crippen molar-refractivity contribution in [2.45, 2.75) is 37.5 Å². The third-order valence-electron chi connectivity index (χ3n) is 4.07. The van der Waals surface area contributed by atoms with E-state index in [2.05, 4.69) is 11.6 Å². The van der Waals surface area contributed by atoms with E-state index < -0.39 is 15.8 Å². The summed E-state index contributed by atoms with van der Waals surface area (Å²) in [4.78, 5) is -0.0652. The fraction of sp³-hybridized carbons (Fsp3) is 0.533. The lowest BCUT2D eigenvalue weighted by Crippen LogP contribution is -2.31. The topological polar surface area (TPSA) is 70.0 Å². The number of sulfonamides is 1. The molecule has 1 saturated carbocycles. The lowest BCUT2D eigenvalue weighted by Gasteiger charge is -2.26. The van der Waals surface area contributed by atoms with Crippen molar-refractivity contribution in [1.29, 1.82) is 5.26 Å². The second-order valence-electron chi connectivity index (χ2n) is 5.73. The molecule has 1 aliphatic rings. The van der Waals surface area contributed by atoms with Gasteiger partial charge in [-0.2, -0.15) is 5.26 Å². The second kappa shape index (κ2) is 6.54. The first-order valence-electron chi connectivity index (χ1n) is 7.11. The van der Waals surface area contributed by atoms with Gasteiger partial charge in [-0.15, -0.1) is 0 Å². The van der Waals surface area contributed by atoms with Gasteiger partial charge in [0.25, 0.3) is 0 Å². The van der Waals surface area contributed by atoms with Gasteiger partial charge in [0.15, 0.2) is 0 Å². The molecule has 0 spiro atoms. The normalized spacial score (nSPS) is 22.7. The lowest BCUT2D eigenvalue weighted by atomic mass is 9.83. The van der Waals surface area contributed by atoms with Crippen molar-refractivity contribution in [3.8, 4) is 6.07 Å². The molecule has 0 radical (unpaired) electrons. The summed E-state index contributed by atoms with van der Waals surface area (Å²) in [5.41, 5.74) is -0.260. The smallest absolute Gasteiger partial charge is 0.211 e. The summed E-state index contributed by atoms with van der Waals surface area (Å²) in [5.74, 6) is 0.359. The summed E-state index contributed by atoms with van der Waals surface area (Å²) < 4.78 is 40.2. The van der Waals surface area contributed by atoms with Gasteiger partial charge in [0, 0.05) is 6.54 Å². The summed E-state index contributed by atoms with van der Waals surface area (Å²) in [6.45, 7) is 2.61. The Morgan fingerprint density at radius 2 is 2.00 bits per heavy atom. The van der Waals surface area contributed by atoms with Crippen molar-refractivity contribution >= 4 is 10.0 Å². The molecule has 2 rings (SSSR count). The first kappa shape index (κ1) is 15.9. The zero-order valence-corrected chi connectivity index (χ0v) is 12.8. The Morgan fingerprint density at radius 1 is 1.33 bits per heavy atom. The minimum absolute atomic E-state index is 0.0652. The lowest BCUT2D eigenvalue weighted by molar-refractivity contribution is 0.290. The van der Waals surface area contributed by atoms with Crippen LogP contribution in [0.3, 0.4) is 0 Å². The van der Waals surface area contributed by atoms with Gasteiger partial charge in [0.1, 0.15) is 11.9 Å². The molecule has 4 nitrogen and oxygen atoms in total. The number of rotatable bonds is 4. The Bertz CT molecular complexity index is 644. The standard InChI is InChI=1S/C15H19FN2O2S/c1-11-2-4-12(5-3-11)10-18-21(19,20)14-6-7-15(16)13(8-14)9-17/h6-8,11-12,18H,2-5,10H2,1H3. The second-order valence-corrected chi connectivity index (χ2v) is 7.50. The third kappa shape index (κ3) is 4.02. The Balaban J connectivity index is 2.03. The highest BCUT2D eigenvalue weighted by Gasteiger charge is 2.22. The van der Waals surface area contributed by atoms with E-state index in [4.69, 9.17) is 5.26 Å². The van der Waals surface area contributed by atoms with Crippen molar-refractivity contribution in [2.75, 3.05) is 6.54 Å². The summed E-state index contributed by atoms with van der Waals surface area (Å²) in [7, 11) is -3.69. The quantitative estimate of drug-likeness (QED) is 0.929. The third-order valence-corrected chi connectivity index (χ3v) is 5.49. The average molecular weight is 310 g/mol. The van der Waals surface area contributed by atoms with E-state index >= 15 is 0 Å². The monoisotopic (exact) mass is 310 g/mol. The number of nitriles is 1. The maximum absolute atomic E-state index is 13.2. The summed E-state index contributed by atoms with van der Waals surface area (Å²) in [5, 5.41) is 8.76. The van der Waals surface area contributed by atoms with E-state index in [-0.39, 0.29) is 10.5 Å². The maximum Gasteiger partial charge on any atom is 0.240 e. The van der Waals surface area contributed by atoms with Crippen molar-refractivity contribution < 1.29 is 12.8 Å². The average Bonchev–Trinajstić information content (AvgIpc) is 2.47. The highest BCUT2D eigenvalue weighted by atomic mass is 32.2. The first-order chi connectivity index (χ1) is 9.92. The fourth-order valence-corrected chi connectivity index (χ4v) is 3.74. The van der Waals surface area contributed by atoms with E-state index in [1.54, 1.807) is 6.07 Å². The highest BCUT2D eigenvalue weighted by molar-refractivity contribution is 7.89. The van der Waals surface area contributed by atoms with Crippen LogP contribution >= 0.6 is 0 Å². The van der Waals surface area contributed by atoms with E-state index in [0.717, 1.165) is 37.8 Å². The molecule has 1 aliphatic carbocycles. The van der Waals surface area contributed by atoms with Crippen LogP contribution in [0.25, 0.3) is 0 Å². The molecule has 0 saturated heterocycles. The molecule has 1 fully saturated rings. The summed E-state index contributed by atoms with van der Waals surface area (Å²) in [6.07, 6.45) is 4.30. The predicted molar refractivity (Wildman–Crippen MR) is 77.4 cm³/mol. The van der Waals surface area contributed by atoms with Crippen molar-refractivity contribution in [1.82, 2.24) is 4.72 Å². The molecule has 0 amide bonds. The molecule has 0 aromatic heterocycles. The number of hydrogen-bond acceptors (Lipinski definition) is 3. The van der Waals surface area contributed by atoms with Crippen molar-refractivity contribution in [3.63, 3.8) is 0 Å². The van der Waals surface area contributed by atoms with Crippen LogP contribution in [-0.4, -0.2) is 15.0 Å². The minimum Gasteiger partial charge on any atom is -0.211 e. The van der Waals surface area contributed by atoms with Crippen molar-refractivity contribution in [2.24, 2.45) is 11.8 Å². The van der Waals surface area contributed by atoms with Gasteiger partial charge in [-0.1, -0.05) is 19.8 Å². The number of nitrogens with zero attached hydrogens (tertiary/aromatic N) is 1. The van der Waals surface area contributed by atoms with Crippen LogP contribution in [0.2, 0.25) is 0 Å². The molecule has 114 valence electrons. The van der Waals surface area contributed by atoms with Crippen LogP contribution in [0, 0.1) is 29.0 Å². The van der Waals surface area contributed by atoms with E-state index in [1.807, 2.05) is 0 Å². The fourth-order valence-electron chi connectivity index (χ4n) is 2.60. The summed E-state index contributed by atoms with van der Waals surface area (Å²) >= 11 is 0. The van der Waals surface area contributed by atoms with Crippen LogP contribution in [-0.2, 0) is 10.0 Å². The Morgan fingerprint density at radius 3 is 2.62 bits per heavy atom. The van der Waals surface area contributed by atoms with E-state index in [0.29, 0.717) is 18.4 Å². The Kier molecular flexibility index (Phi) is 4.96.